The molecule has 1 saturated carbocycles. The highest BCUT2D eigenvalue weighted by Crippen LogP contribution is 2.23. The number of piperidine rings is 1. The molecule has 26 heavy (non-hydrogen) atoms. The van der Waals surface area contributed by atoms with Gasteiger partial charge in [-0.1, -0.05) is 6.92 Å². The van der Waals surface area contributed by atoms with Gasteiger partial charge in [0.2, 0.25) is 5.91 Å². The van der Waals surface area contributed by atoms with Crippen LogP contribution in [0.2, 0.25) is 0 Å². The Bertz CT molecular complexity index is 438. The van der Waals surface area contributed by atoms with Crippen LogP contribution in [0, 0.1) is 11.8 Å². The number of primary amides is 1. The predicted octanol–water partition coefficient (Wildman–Crippen LogP) is 2.33. The summed E-state index contributed by atoms with van der Waals surface area (Å²) in [5, 5.41) is 6.97. The van der Waals surface area contributed by atoms with Gasteiger partial charge in [0.15, 0.2) is 5.96 Å². The molecule has 1 aliphatic heterocycles. The Kier molecular flexibility index (Phi) is 11.5. The lowest BCUT2D eigenvalue weighted by atomic mass is 9.87. The number of halogens is 1. The number of likely N-dealkylation sites (tertiary alicyclic amines) is 1. The number of hydrogen-bond donors (Lipinski definition) is 3. The lowest BCUT2D eigenvalue weighted by Gasteiger charge is -2.31. The molecule has 1 saturated heterocycles. The first-order chi connectivity index (χ1) is 12.1. The molecule has 2 fully saturated rings. The van der Waals surface area contributed by atoms with E-state index in [0.717, 1.165) is 63.9 Å². The Morgan fingerprint density at radius 3 is 2.62 bits per heavy atom. The molecule has 1 heterocycles. The molecule has 0 aromatic carbocycles. The summed E-state index contributed by atoms with van der Waals surface area (Å²) in [6.45, 7) is 9.05. The zero-order valence-electron chi connectivity index (χ0n) is 16.5. The second kappa shape index (κ2) is 12.8. The molecule has 0 bridgehead atoms. The first-order valence-corrected chi connectivity index (χ1v) is 10.1. The van der Waals surface area contributed by atoms with E-state index in [2.05, 4.69) is 29.4 Å². The van der Waals surface area contributed by atoms with Gasteiger partial charge in [0, 0.05) is 25.7 Å². The van der Waals surface area contributed by atoms with Crippen molar-refractivity contribution < 1.29 is 4.79 Å². The van der Waals surface area contributed by atoms with Crippen molar-refractivity contribution in [1.29, 1.82) is 0 Å². The molecule has 0 spiro atoms. The van der Waals surface area contributed by atoms with Gasteiger partial charge in [0.05, 0.1) is 5.92 Å². The van der Waals surface area contributed by atoms with Gasteiger partial charge in [-0.05, 0) is 70.9 Å². The molecule has 1 unspecified atom stereocenters. The van der Waals surface area contributed by atoms with Crippen molar-refractivity contribution in [1.82, 2.24) is 15.5 Å². The van der Waals surface area contributed by atoms with Crippen LogP contribution in [0.4, 0.5) is 0 Å². The molecule has 0 aromatic heterocycles. The van der Waals surface area contributed by atoms with Crippen LogP contribution in [-0.2, 0) is 4.79 Å². The topological polar surface area (TPSA) is 82.8 Å². The SMILES string of the molecule is CCNC(=NCCCN1CCCC(C(N)=O)C1)NC1CCC(C)CC1.I. The second-order valence-corrected chi connectivity index (χ2v) is 7.76. The minimum absolute atomic E-state index is 0. The summed E-state index contributed by atoms with van der Waals surface area (Å²) in [7, 11) is 0. The smallest absolute Gasteiger partial charge is 0.221 e. The number of carbonyl (C=O) groups is 1. The quantitative estimate of drug-likeness (QED) is 0.227. The molecule has 7 heteroatoms. The van der Waals surface area contributed by atoms with Gasteiger partial charge in [0.25, 0.3) is 0 Å². The summed E-state index contributed by atoms with van der Waals surface area (Å²) in [6, 6.07) is 0.562. The van der Waals surface area contributed by atoms with E-state index in [1.807, 2.05) is 0 Å². The highest BCUT2D eigenvalue weighted by Gasteiger charge is 2.23. The first-order valence-electron chi connectivity index (χ1n) is 10.1. The van der Waals surface area contributed by atoms with Crippen LogP contribution in [0.3, 0.4) is 0 Å². The summed E-state index contributed by atoms with van der Waals surface area (Å²) in [5.74, 6) is 1.70. The minimum atomic E-state index is -0.150. The van der Waals surface area contributed by atoms with Crippen LogP contribution in [-0.4, -0.2) is 55.5 Å². The van der Waals surface area contributed by atoms with Crippen molar-refractivity contribution >= 4 is 35.8 Å². The van der Waals surface area contributed by atoms with Crippen molar-refractivity contribution in [2.75, 3.05) is 32.7 Å². The molecule has 0 aromatic rings. The molecule has 2 rings (SSSR count). The zero-order chi connectivity index (χ0) is 18.1. The molecule has 152 valence electrons. The standard InChI is InChI=1S/C19H37N5O.HI/c1-3-21-19(23-17-9-7-15(2)8-10-17)22-11-5-13-24-12-4-6-16(14-24)18(20)25;/h15-17H,3-14H2,1-2H3,(H2,20,25)(H2,21,22,23);1H. The maximum atomic E-state index is 11.4. The van der Waals surface area contributed by atoms with Crippen LogP contribution in [0.25, 0.3) is 0 Å². The van der Waals surface area contributed by atoms with Crippen LogP contribution < -0.4 is 16.4 Å². The predicted molar refractivity (Wildman–Crippen MR) is 119 cm³/mol. The van der Waals surface area contributed by atoms with Crippen LogP contribution in [0.5, 0.6) is 0 Å². The number of rotatable bonds is 7. The monoisotopic (exact) mass is 479 g/mol. The van der Waals surface area contributed by atoms with Crippen molar-refractivity contribution in [3.63, 3.8) is 0 Å². The Balaban J connectivity index is 0.00000338. The van der Waals surface area contributed by atoms with E-state index in [4.69, 9.17) is 10.7 Å². The first kappa shape index (κ1) is 23.5. The van der Waals surface area contributed by atoms with Crippen LogP contribution >= 0.6 is 24.0 Å². The zero-order valence-corrected chi connectivity index (χ0v) is 18.8. The molecule has 2 aliphatic rings. The lowest BCUT2D eigenvalue weighted by Crippen LogP contribution is -2.45. The third-order valence-corrected chi connectivity index (χ3v) is 5.51. The maximum absolute atomic E-state index is 11.4. The van der Waals surface area contributed by atoms with E-state index >= 15 is 0 Å². The van der Waals surface area contributed by atoms with Crippen molar-refractivity contribution in [2.45, 2.75) is 64.8 Å². The normalized spacial score (nSPS) is 27.5. The van der Waals surface area contributed by atoms with Crippen molar-refractivity contribution in [3.05, 3.63) is 0 Å². The van der Waals surface area contributed by atoms with Gasteiger partial charge < -0.3 is 21.3 Å². The average molecular weight is 479 g/mol. The number of carbonyl (C=O) groups excluding carboxylic acids is 1. The number of nitrogens with one attached hydrogen (secondary N) is 2. The van der Waals surface area contributed by atoms with E-state index in [-0.39, 0.29) is 35.8 Å². The fourth-order valence-corrected chi connectivity index (χ4v) is 3.89. The Morgan fingerprint density at radius 1 is 1.23 bits per heavy atom. The molecular weight excluding hydrogens is 441 g/mol. The Morgan fingerprint density at radius 2 is 1.96 bits per heavy atom. The largest absolute Gasteiger partial charge is 0.369 e. The fourth-order valence-electron chi connectivity index (χ4n) is 3.89. The van der Waals surface area contributed by atoms with Gasteiger partial charge >= 0.3 is 0 Å². The molecule has 1 atom stereocenters. The van der Waals surface area contributed by atoms with Crippen molar-refractivity contribution in [3.8, 4) is 0 Å². The van der Waals surface area contributed by atoms with Crippen molar-refractivity contribution in [2.24, 2.45) is 22.6 Å². The Labute approximate surface area is 176 Å². The minimum Gasteiger partial charge on any atom is -0.369 e. The fraction of sp³-hybridized carbons (Fsp3) is 0.895. The molecule has 4 N–H and O–H groups in total. The third kappa shape index (κ3) is 8.41. The Hall–Kier alpha value is -0.570. The van der Waals surface area contributed by atoms with E-state index in [0.29, 0.717) is 6.04 Å². The number of aliphatic imine (C=N–C) groups is 1. The van der Waals surface area contributed by atoms with E-state index in [1.165, 1.54) is 25.7 Å². The van der Waals surface area contributed by atoms with Gasteiger partial charge in [-0.15, -0.1) is 24.0 Å². The van der Waals surface area contributed by atoms with Gasteiger partial charge in [-0.25, -0.2) is 0 Å². The average Bonchev–Trinajstić information content (AvgIpc) is 2.61. The number of nitrogens with zero attached hydrogens (tertiary/aromatic N) is 2. The molecule has 0 radical (unpaired) electrons. The molecule has 1 amide bonds. The number of nitrogens with two attached hydrogens (primary N) is 1. The summed E-state index contributed by atoms with van der Waals surface area (Å²) >= 11 is 0. The maximum Gasteiger partial charge on any atom is 0.221 e. The molecule has 6 nitrogen and oxygen atoms in total. The van der Waals surface area contributed by atoms with Crippen LogP contribution in [0.1, 0.15) is 58.8 Å². The van der Waals surface area contributed by atoms with Gasteiger partial charge in [-0.2, -0.15) is 0 Å². The molecular formula is C19H38IN5O. The number of amides is 1. The summed E-state index contributed by atoms with van der Waals surface area (Å²) in [6.07, 6.45) is 8.14. The third-order valence-electron chi connectivity index (χ3n) is 5.51. The lowest BCUT2D eigenvalue weighted by molar-refractivity contribution is -0.123. The summed E-state index contributed by atoms with van der Waals surface area (Å²) in [4.78, 5) is 18.5. The number of hydrogen-bond acceptors (Lipinski definition) is 3. The van der Waals surface area contributed by atoms with E-state index < -0.39 is 0 Å². The molecule has 1 aliphatic carbocycles. The van der Waals surface area contributed by atoms with Gasteiger partial charge in [-0.3, -0.25) is 9.79 Å². The highest BCUT2D eigenvalue weighted by molar-refractivity contribution is 14.0. The van der Waals surface area contributed by atoms with E-state index in [1.54, 1.807) is 0 Å². The number of guanidine groups is 1. The van der Waals surface area contributed by atoms with Gasteiger partial charge in [0.1, 0.15) is 0 Å². The summed E-state index contributed by atoms with van der Waals surface area (Å²) < 4.78 is 0. The van der Waals surface area contributed by atoms with E-state index in [9.17, 15) is 4.79 Å². The summed E-state index contributed by atoms with van der Waals surface area (Å²) in [5.41, 5.74) is 5.45. The highest BCUT2D eigenvalue weighted by atomic mass is 127. The van der Waals surface area contributed by atoms with Crippen LogP contribution in [0.15, 0.2) is 4.99 Å². The second-order valence-electron chi connectivity index (χ2n) is 7.76.